The second kappa shape index (κ2) is 23.0. The molecule has 0 atom stereocenters. The second-order valence-electron chi connectivity index (χ2n) is 10.6. The first-order valence-corrected chi connectivity index (χ1v) is 15.4. The Labute approximate surface area is 208 Å². The first-order chi connectivity index (χ1) is 16.3. The fourth-order valence-electron chi connectivity index (χ4n) is 5.07. The first-order valence-electron chi connectivity index (χ1n) is 15.4. The zero-order valence-electron chi connectivity index (χ0n) is 23.2. The summed E-state index contributed by atoms with van der Waals surface area (Å²) in [4.78, 5) is 0. The van der Waals surface area contributed by atoms with Gasteiger partial charge < -0.3 is 0 Å². The Morgan fingerprint density at radius 3 is 1.42 bits per heavy atom. The molecule has 0 bridgehead atoms. The standard InChI is InChI=1S/C31H61N2/c1-4-7-10-12-14-16-17-18-19-21-23-25-28-33-30-29-32(31(33)26-9-6-3)27-24-22-20-15-13-11-8-5-2/h29-30H,4-28H2,1-3H3/q+1. The van der Waals surface area contributed by atoms with Crippen LogP contribution in [0.2, 0.25) is 0 Å². The number of rotatable bonds is 25. The molecule has 0 N–H and O–H groups in total. The Morgan fingerprint density at radius 1 is 0.515 bits per heavy atom. The average Bonchev–Trinajstić information content (AvgIpc) is 3.21. The van der Waals surface area contributed by atoms with Crippen LogP contribution in [0.1, 0.15) is 168 Å². The summed E-state index contributed by atoms with van der Waals surface area (Å²) in [5.74, 6) is 1.59. The van der Waals surface area contributed by atoms with E-state index in [1.807, 2.05) is 0 Å². The maximum absolute atomic E-state index is 2.58. The third-order valence-electron chi connectivity index (χ3n) is 7.35. The Kier molecular flexibility index (Phi) is 21.1. The number of aromatic nitrogens is 2. The molecule has 0 saturated carbocycles. The summed E-state index contributed by atoms with van der Waals surface area (Å²) in [7, 11) is 0. The highest BCUT2D eigenvalue weighted by Crippen LogP contribution is 2.13. The van der Waals surface area contributed by atoms with Gasteiger partial charge >= 0.3 is 0 Å². The van der Waals surface area contributed by atoms with Crippen LogP contribution < -0.4 is 4.57 Å². The quantitative estimate of drug-likeness (QED) is 0.101. The minimum Gasteiger partial charge on any atom is -0.234 e. The average molecular weight is 462 g/mol. The molecule has 0 fully saturated rings. The molecule has 0 aliphatic rings. The second-order valence-corrected chi connectivity index (χ2v) is 10.6. The SMILES string of the molecule is CCCCCCCCCCCCCCn1cc[n+](CCCCCCCCCC)c1CCCC. The van der Waals surface area contributed by atoms with Gasteiger partial charge in [0.1, 0.15) is 12.4 Å². The van der Waals surface area contributed by atoms with Crippen molar-refractivity contribution in [3.63, 3.8) is 0 Å². The van der Waals surface area contributed by atoms with Gasteiger partial charge in [0, 0.05) is 6.42 Å². The molecule has 1 heterocycles. The number of nitrogens with zero attached hydrogens (tertiary/aromatic N) is 2. The van der Waals surface area contributed by atoms with E-state index >= 15 is 0 Å². The van der Waals surface area contributed by atoms with Crippen LogP contribution in [0.15, 0.2) is 12.4 Å². The van der Waals surface area contributed by atoms with Crippen LogP contribution in [0, 0.1) is 0 Å². The number of imidazole rings is 1. The van der Waals surface area contributed by atoms with E-state index in [4.69, 9.17) is 0 Å². The van der Waals surface area contributed by atoms with Crippen molar-refractivity contribution in [3.8, 4) is 0 Å². The van der Waals surface area contributed by atoms with E-state index in [1.54, 1.807) is 5.82 Å². The molecule has 2 heteroatoms. The van der Waals surface area contributed by atoms with Gasteiger partial charge in [-0.3, -0.25) is 0 Å². The zero-order valence-corrected chi connectivity index (χ0v) is 23.2. The summed E-state index contributed by atoms with van der Waals surface area (Å²) in [6.45, 7) is 9.37. The number of aryl methyl sites for hydroxylation is 2. The Balaban J connectivity index is 2.17. The van der Waals surface area contributed by atoms with Crippen molar-refractivity contribution >= 4 is 0 Å². The molecule has 0 aliphatic carbocycles. The lowest BCUT2D eigenvalue weighted by Gasteiger charge is -2.06. The van der Waals surface area contributed by atoms with Crippen LogP contribution in [0.25, 0.3) is 0 Å². The minimum atomic E-state index is 1.22. The summed E-state index contributed by atoms with van der Waals surface area (Å²) in [5.41, 5.74) is 0. The minimum absolute atomic E-state index is 1.22. The lowest BCUT2D eigenvalue weighted by atomic mass is 10.1. The van der Waals surface area contributed by atoms with Gasteiger partial charge in [-0.2, -0.15) is 0 Å². The molecule has 0 unspecified atom stereocenters. The fourth-order valence-corrected chi connectivity index (χ4v) is 5.07. The van der Waals surface area contributed by atoms with Gasteiger partial charge in [-0.25, -0.2) is 9.13 Å². The third-order valence-corrected chi connectivity index (χ3v) is 7.35. The van der Waals surface area contributed by atoms with Crippen molar-refractivity contribution in [2.45, 2.75) is 182 Å². The number of hydrogen-bond donors (Lipinski definition) is 0. The molecular formula is C31H61N2+. The van der Waals surface area contributed by atoms with Crippen molar-refractivity contribution < 1.29 is 4.57 Å². The van der Waals surface area contributed by atoms with E-state index in [-0.39, 0.29) is 0 Å². The maximum Gasteiger partial charge on any atom is 0.256 e. The Morgan fingerprint density at radius 2 is 0.939 bits per heavy atom. The number of unbranched alkanes of at least 4 members (excludes halogenated alkanes) is 19. The highest BCUT2D eigenvalue weighted by Gasteiger charge is 2.16. The fraction of sp³-hybridized carbons (Fsp3) is 0.903. The zero-order chi connectivity index (χ0) is 23.8. The van der Waals surface area contributed by atoms with Crippen LogP contribution in [-0.4, -0.2) is 4.57 Å². The Hall–Kier alpha value is -0.790. The molecular weight excluding hydrogens is 400 g/mol. The maximum atomic E-state index is 2.58. The van der Waals surface area contributed by atoms with Crippen LogP contribution in [-0.2, 0) is 19.5 Å². The van der Waals surface area contributed by atoms with E-state index in [1.165, 1.54) is 161 Å². The first kappa shape index (κ1) is 30.2. The van der Waals surface area contributed by atoms with E-state index in [0.29, 0.717) is 0 Å². The molecule has 2 nitrogen and oxygen atoms in total. The van der Waals surface area contributed by atoms with Gasteiger partial charge in [-0.15, -0.1) is 0 Å². The van der Waals surface area contributed by atoms with Crippen LogP contribution >= 0.6 is 0 Å². The van der Waals surface area contributed by atoms with Crippen LogP contribution in [0.5, 0.6) is 0 Å². The monoisotopic (exact) mass is 461 g/mol. The number of hydrogen-bond acceptors (Lipinski definition) is 0. The summed E-state index contributed by atoms with van der Waals surface area (Å²) in [6, 6.07) is 0. The predicted molar refractivity (Wildman–Crippen MR) is 147 cm³/mol. The molecule has 0 saturated heterocycles. The molecule has 0 aliphatic heterocycles. The van der Waals surface area contributed by atoms with Crippen molar-refractivity contribution in [3.05, 3.63) is 18.2 Å². The largest absolute Gasteiger partial charge is 0.256 e. The topological polar surface area (TPSA) is 8.81 Å². The normalized spacial score (nSPS) is 11.5. The molecule has 194 valence electrons. The molecule has 0 amide bonds. The molecule has 0 spiro atoms. The Bertz CT molecular complexity index is 519. The van der Waals surface area contributed by atoms with Crippen LogP contribution in [0.4, 0.5) is 0 Å². The molecule has 33 heavy (non-hydrogen) atoms. The highest BCUT2D eigenvalue weighted by molar-refractivity contribution is 4.84. The highest BCUT2D eigenvalue weighted by atomic mass is 15.1. The summed E-state index contributed by atoms with van der Waals surface area (Å²) in [6.07, 6.45) is 37.1. The van der Waals surface area contributed by atoms with Crippen molar-refractivity contribution in [1.29, 1.82) is 0 Å². The summed E-state index contributed by atoms with van der Waals surface area (Å²) < 4.78 is 5.16. The lowest BCUT2D eigenvalue weighted by molar-refractivity contribution is -0.704. The summed E-state index contributed by atoms with van der Waals surface area (Å²) in [5, 5.41) is 0. The van der Waals surface area contributed by atoms with Gasteiger partial charge in [-0.05, 0) is 32.1 Å². The van der Waals surface area contributed by atoms with E-state index in [9.17, 15) is 0 Å². The molecule has 1 rings (SSSR count). The van der Waals surface area contributed by atoms with E-state index in [2.05, 4.69) is 42.3 Å². The smallest absolute Gasteiger partial charge is 0.234 e. The lowest BCUT2D eigenvalue weighted by Crippen LogP contribution is -2.37. The molecule has 1 aromatic heterocycles. The van der Waals surface area contributed by atoms with Crippen LogP contribution in [0.3, 0.4) is 0 Å². The molecule has 1 aromatic rings. The summed E-state index contributed by atoms with van der Waals surface area (Å²) >= 11 is 0. The van der Waals surface area contributed by atoms with Crippen molar-refractivity contribution in [1.82, 2.24) is 4.57 Å². The van der Waals surface area contributed by atoms with Gasteiger partial charge in [0.25, 0.3) is 5.82 Å². The molecule has 0 radical (unpaired) electrons. The van der Waals surface area contributed by atoms with Crippen molar-refractivity contribution in [2.75, 3.05) is 0 Å². The van der Waals surface area contributed by atoms with Gasteiger partial charge in [0.15, 0.2) is 0 Å². The van der Waals surface area contributed by atoms with Gasteiger partial charge in [0.2, 0.25) is 0 Å². The van der Waals surface area contributed by atoms with Crippen molar-refractivity contribution in [2.24, 2.45) is 0 Å². The van der Waals surface area contributed by atoms with Gasteiger partial charge in [0.05, 0.1) is 13.1 Å². The predicted octanol–water partition coefficient (Wildman–Crippen LogP) is 9.96. The van der Waals surface area contributed by atoms with Gasteiger partial charge in [-0.1, -0.05) is 130 Å². The van der Waals surface area contributed by atoms with E-state index < -0.39 is 0 Å². The third kappa shape index (κ3) is 16.5. The molecule has 0 aromatic carbocycles. The van der Waals surface area contributed by atoms with E-state index in [0.717, 1.165) is 0 Å².